The van der Waals surface area contributed by atoms with E-state index < -0.39 is 0 Å². The van der Waals surface area contributed by atoms with E-state index in [1.165, 1.54) is 0 Å². The molecule has 0 saturated carbocycles. The summed E-state index contributed by atoms with van der Waals surface area (Å²) in [6, 6.07) is 7.13. The van der Waals surface area contributed by atoms with Crippen LogP contribution in [0.2, 0.25) is 0 Å². The topological polar surface area (TPSA) is 105 Å². The molecule has 0 unspecified atom stereocenters. The van der Waals surface area contributed by atoms with Gasteiger partial charge in [-0.05, 0) is 24.6 Å². The number of nitriles is 1. The number of hydrogen-bond donors (Lipinski definition) is 3. The third-order valence-corrected chi connectivity index (χ3v) is 2.08. The Bertz CT molecular complexity index is 422. The lowest BCUT2D eigenvalue weighted by Gasteiger charge is -2.07. The molecule has 0 aliphatic rings. The van der Waals surface area contributed by atoms with Crippen LogP contribution in [0.1, 0.15) is 18.4 Å². The number of nitrogens with one attached hydrogen (secondary N) is 1. The fourth-order valence-electron chi connectivity index (χ4n) is 1.29. The summed E-state index contributed by atoms with van der Waals surface area (Å²) in [5.74, 6) is -0.320. The summed E-state index contributed by atoms with van der Waals surface area (Å²) in [4.78, 5) is 10.5. The van der Waals surface area contributed by atoms with E-state index in [9.17, 15) is 4.79 Å². The van der Waals surface area contributed by atoms with Gasteiger partial charge in [0, 0.05) is 18.7 Å². The van der Waals surface area contributed by atoms with E-state index in [4.69, 9.17) is 16.7 Å². The molecule has 0 radical (unpaired) electrons. The van der Waals surface area contributed by atoms with Crippen LogP contribution >= 0.6 is 0 Å². The average Bonchev–Trinajstić information content (AvgIpc) is 2.25. The van der Waals surface area contributed by atoms with Crippen molar-refractivity contribution in [3.05, 3.63) is 23.8 Å². The van der Waals surface area contributed by atoms with Gasteiger partial charge < -0.3 is 16.8 Å². The SMILES string of the molecule is N#Cc1cc(N)ccc1NCCCC(N)=O. The molecule has 0 saturated heterocycles. The summed E-state index contributed by atoms with van der Waals surface area (Å²) in [6.07, 6.45) is 0.981. The van der Waals surface area contributed by atoms with Gasteiger partial charge in [0.15, 0.2) is 0 Å². The highest BCUT2D eigenvalue weighted by atomic mass is 16.1. The second kappa shape index (κ2) is 5.61. The van der Waals surface area contributed by atoms with Crippen LogP contribution in [0.5, 0.6) is 0 Å². The van der Waals surface area contributed by atoms with Gasteiger partial charge in [-0.1, -0.05) is 0 Å². The minimum Gasteiger partial charge on any atom is -0.399 e. The van der Waals surface area contributed by atoms with Crippen LogP contribution in [0.15, 0.2) is 18.2 Å². The van der Waals surface area contributed by atoms with Crippen molar-refractivity contribution < 1.29 is 4.79 Å². The molecule has 0 aromatic heterocycles. The van der Waals surface area contributed by atoms with Crippen molar-refractivity contribution in [2.75, 3.05) is 17.6 Å². The summed E-state index contributed by atoms with van der Waals surface area (Å²) in [7, 11) is 0. The van der Waals surface area contributed by atoms with Crippen molar-refractivity contribution in [1.82, 2.24) is 0 Å². The summed E-state index contributed by atoms with van der Waals surface area (Å²) in [6.45, 7) is 0.599. The van der Waals surface area contributed by atoms with Crippen LogP contribution in [0, 0.1) is 11.3 Å². The third-order valence-electron chi connectivity index (χ3n) is 2.08. The fourth-order valence-corrected chi connectivity index (χ4v) is 1.29. The molecule has 5 nitrogen and oxygen atoms in total. The van der Waals surface area contributed by atoms with E-state index in [1.807, 2.05) is 0 Å². The monoisotopic (exact) mass is 218 g/mol. The molecule has 5 N–H and O–H groups in total. The lowest BCUT2D eigenvalue weighted by molar-refractivity contribution is -0.118. The summed E-state index contributed by atoms with van der Waals surface area (Å²) in [5.41, 5.74) is 12.3. The second-order valence-corrected chi connectivity index (χ2v) is 3.41. The molecule has 84 valence electrons. The summed E-state index contributed by atoms with van der Waals surface area (Å²) < 4.78 is 0. The predicted molar refractivity (Wildman–Crippen MR) is 62.5 cm³/mol. The van der Waals surface area contributed by atoms with Gasteiger partial charge in [0.2, 0.25) is 5.91 Å². The number of benzene rings is 1. The molecule has 16 heavy (non-hydrogen) atoms. The first-order chi connectivity index (χ1) is 7.63. The van der Waals surface area contributed by atoms with Crippen LogP contribution in [-0.2, 0) is 4.79 Å². The van der Waals surface area contributed by atoms with E-state index >= 15 is 0 Å². The Morgan fingerprint density at radius 2 is 2.25 bits per heavy atom. The molecule has 0 heterocycles. The summed E-state index contributed by atoms with van der Waals surface area (Å²) in [5, 5.41) is 11.9. The molecular weight excluding hydrogens is 204 g/mol. The molecule has 0 aliphatic carbocycles. The molecule has 5 heteroatoms. The lowest BCUT2D eigenvalue weighted by Crippen LogP contribution is -2.13. The van der Waals surface area contributed by atoms with Gasteiger partial charge in [-0.2, -0.15) is 5.26 Å². The summed E-state index contributed by atoms with van der Waals surface area (Å²) >= 11 is 0. The molecule has 0 aliphatic heterocycles. The normalized spacial score (nSPS) is 9.44. The molecule has 0 spiro atoms. The number of anilines is 2. The molecular formula is C11H14N4O. The van der Waals surface area contributed by atoms with Gasteiger partial charge in [0.25, 0.3) is 0 Å². The maximum absolute atomic E-state index is 10.5. The molecule has 1 amide bonds. The van der Waals surface area contributed by atoms with E-state index in [-0.39, 0.29) is 5.91 Å². The van der Waals surface area contributed by atoms with Crippen molar-refractivity contribution in [2.24, 2.45) is 5.73 Å². The van der Waals surface area contributed by atoms with Gasteiger partial charge in [-0.15, -0.1) is 0 Å². The van der Waals surface area contributed by atoms with Crippen LogP contribution < -0.4 is 16.8 Å². The number of rotatable bonds is 5. The van der Waals surface area contributed by atoms with Crippen molar-refractivity contribution >= 4 is 17.3 Å². The Balaban J connectivity index is 2.54. The average molecular weight is 218 g/mol. The van der Waals surface area contributed by atoms with Gasteiger partial charge >= 0.3 is 0 Å². The number of nitrogens with zero attached hydrogens (tertiary/aromatic N) is 1. The standard InChI is InChI=1S/C11H14N4O/c12-7-8-6-9(13)3-4-10(8)15-5-1-2-11(14)16/h3-4,6,15H,1-2,5,13H2,(H2,14,16). The van der Waals surface area contributed by atoms with Crippen LogP contribution in [0.3, 0.4) is 0 Å². The first-order valence-corrected chi connectivity index (χ1v) is 4.95. The Hall–Kier alpha value is -2.22. The fraction of sp³-hybridized carbons (Fsp3) is 0.273. The van der Waals surface area contributed by atoms with E-state index in [1.54, 1.807) is 18.2 Å². The third kappa shape index (κ3) is 3.50. The zero-order chi connectivity index (χ0) is 12.0. The Kier molecular flexibility index (Phi) is 4.16. The van der Waals surface area contributed by atoms with E-state index in [0.29, 0.717) is 30.6 Å². The Morgan fingerprint density at radius 1 is 1.50 bits per heavy atom. The minimum absolute atomic E-state index is 0.320. The minimum atomic E-state index is -0.320. The number of nitrogens with two attached hydrogens (primary N) is 2. The number of hydrogen-bond acceptors (Lipinski definition) is 4. The molecule has 1 aromatic carbocycles. The highest BCUT2D eigenvalue weighted by Gasteiger charge is 2.01. The van der Waals surface area contributed by atoms with Crippen LogP contribution in [0.4, 0.5) is 11.4 Å². The maximum Gasteiger partial charge on any atom is 0.217 e. The van der Waals surface area contributed by atoms with Crippen molar-refractivity contribution in [3.8, 4) is 6.07 Å². The zero-order valence-electron chi connectivity index (χ0n) is 8.86. The molecule has 0 fully saturated rings. The quantitative estimate of drug-likeness (QED) is 0.502. The number of primary amides is 1. The van der Waals surface area contributed by atoms with Gasteiger partial charge in [-0.25, -0.2) is 0 Å². The molecule has 0 bridgehead atoms. The predicted octanol–water partition coefficient (Wildman–Crippen LogP) is 0.818. The first-order valence-electron chi connectivity index (χ1n) is 4.95. The van der Waals surface area contributed by atoms with Crippen molar-refractivity contribution in [2.45, 2.75) is 12.8 Å². The van der Waals surface area contributed by atoms with Crippen LogP contribution in [0.25, 0.3) is 0 Å². The highest BCUT2D eigenvalue weighted by Crippen LogP contribution is 2.17. The number of carbonyl (C=O) groups excluding carboxylic acids is 1. The lowest BCUT2D eigenvalue weighted by atomic mass is 10.1. The Labute approximate surface area is 94.0 Å². The number of carbonyl (C=O) groups is 1. The molecule has 1 rings (SSSR count). The van der Waals surface area contributed by atoms with Crippen molar-refractivity contribution in [3.63, 3.8) is 0 Å². The van der Waals surface area contributed by atoms with Crippen LogP contribution in [-0.4, -0.2) is 12.5 Å². The van der Waals surface area contributed by atoms with Gasteiger partial charge in [0.05, 0.1) is 11.3 Å². The number of nitrogen functional groups attached to an aromatic ring is 1. The zero-order valence-corrected chi connectivity index (χ0v) is 8.86. The largest absolute Gasteiger partial charge is 0.399 e. The van der Waals surface area contributed by atoms with E-state index in [0.717, 1.165) is 5.69 Å². The van der Waals surface area contributed by atoms with Gasteiger partial charge in [0.1, 0.15) is 6.07 Å². The number of amides is 1. The molecule has 0 atom stereocenters. The maximum atomic E-state index is 10.5. The molecule has 1 aromatic rings. The highest BCUT2D eigenvalue weighted by molar-refractivity contribution is 5.73. The Morgan fingerprint density at radius 3 is 2.88 bits per heavy atom. The smallest absolute Gasteiger partial charge is 0.217 e. The second-order valence-electron chi connectivity index (χ2n) is 3.41. The van der Waals surface area contributed by atoms with Crippen molar-refractivity contribution in [1.29, 1.82) is 5.26 Å². The first kappa shape index (κ1) is 11.9. The van der Waals surface area contributed by atoms with Gasteiger partial charge in [-0.3, -0.25) is 4.79 Å². The van der Waals surface area contributed by atoms with E-state index in [2.05, 4.69) is 11.4 Å².